The number of halogens is 4. The number of carbonyl (C=O) groups is 3. The number of rotatable bonds is 11. The van der Waals surface area contributed by atoms with Crippen LogP contribution in [-0.4, -0.2) is 44.5 Å². The van der Waals surface area contributed by atoms with Gasteiger partial charge in [-0.3, -0.25) is 14.4 Å². The molecule has 0 radical (unpaired) electrons. The van der Waals surface area contributed by atoms with E-state index in [1.54, 1.807) is 24.3 Å². The molecule has 0 aliphatic carbocycles. The number of alkyl halides is 3. The zero-order chi connectivity index (χ0) is 37.7. The van der Waals surface area contributed by atoms with Crippen molar-refractivity contribution in [2.45, 2.75) is 26.1 Å². The minimum atomic E-state index is -4.69. The van der Waals surface area contributed by atoms with Crippen LogP contribution >= 0.6 is 11.6 Å². The van der Waals surface area contributed by atoms with Crippen molar-refractivity contribution in [2.24, 2.45) is 0 Å². The minimum Gasteiger partial charge on any atom is -0.480 e. The van der Waals surface area contributed by atoms with Crippen LogP contribution < -0.4 is 5.32 Å². The average molecular weight is 739 g/mol. The molecule has 1 heterocycles. The lowest BCUT2D eigenvalue weighted by Crippen LogP contribution is -2.35. The lowest BCUT2D eigenvalue weighted by molar-refractivity contribution is -0.139. The Morgan fingerprint density at radius 1 is 0.811 bits per heavy atom. The lowest BCUT2D eigenvalue weighted by atomic mass is 10.0. The Hall–Kier alpha value is -6.27. The number of anilines is 1. The normalized spacial score (nSPS) is 11.3. The number of aromatic nitrogens is 2. The molecule has 13 heteroatoms. The first-order valence-corrected chi connectivity index (χ1v) is 16.6. The third-order valence-electron chi connectivity index (χ3n) is 8.29. The lowest BCUT2D eigenvalue weighted by Gasteiger charge is -2.21. The molecule has 1 aromatic heterocycles. The van der Waals surface area contributed by atoms with Gasteiger partial charge in [-0.2, -0.15) is 18.2 Å². The van der Waals surface area contributed by atoms with E-state index in [0.717, 1.165) is 33.7 Å². The molecule has 268 valence electrons. The van der Waals surface area contributed by atoms with E-state index in [2.05, 4.69) is 39.7 Å². The van der Waals surface area contributed by atoms with Crippen LogP contribution in [0.5, 0.6) is 0 Å². The molecule has 2 N–H and O–H groups in total. The minimum absolute atomic E-state index is 0.0304. The summed E-state index contributed by atoms with van der Waals surface area (Å²) in [6.07, 6.45) is -5.25. The Labute approximate surface area is 306 Å². The maximum atomic E-state index is 13.4. The molecule has 0 aliphatic rings. The molecule has 0 atom stereocenters. The maximum Gasteiger partial charge on any atom is 0.416 e. The topological polar surface area (TPSA) is 126 Å². The van der Waals surface area contributed by atoms with E-state index < -0.39 is 42.5 Å². The second-order valence-electron chi connectivity index (χ2n) is 12.2. The van der Waals surface area contributed by atoms with Crippen molar-refractivity contribution in [1.29, 1.82) is 0 Å². The third kappa shape index (κ3) is 9.16. The number of amides is 2. The number of nitrogens with zero attached hydrogens (tertiary/aromatic N) is 3. The summed E-state index contributed by atoms with van der Waals surface area (Å²) in [6, 6.07) is 31.7. The summed E-state index contributed by atoms with van der Waals surface area (Å²) < 4.78 is 45.8. The second-order valence-corrected chi connectivity index (χ2v) is 12.7. The first-order chi connectivity index (χ1) is 25.3. The highest BCUT2D eigenvalue weighted by atomic mass is 35.5. The van der Waals surface area contributed by atoms with Gasteiger partial charge in [0.05, 0.1) is 12.0 Å². The smallest absolute Gasteiger partial charge is 0.416 e. The molecule has 0 aliphatic heterocycles. The molecule has 6 aromatic rings. The molecule has 53 heavy (non-hydrogen) atoms. The van der Waals surface area contributed by atoms with Crippen molar-refractivity contribution in [3.63, 3.8) is 0 Å². The molecule has 5 aromatic carbocycles. The van der Waals surface area contributed by atoms with E-state index in [-0.39, 0.29) is 28.4 Å². The number of carboxylic acids is 1. The summed E-state index contributed by atoms with van der Waals surface area (Å²) >= 11 is 5.72. The summed E-state index contributed by atoms with van der Waals surface area (Å²) in [7, 11) is 0. The number of benzene rings is 5. The van der Waals surface area contributed by atoms with Gasteiger partial charge in [-0.25, -0.2) is 0 Å². The third-order valence-corrected chi connectivity index (χ3v) is 8.52. The van der Waals surface area contributed by atoms with Gasteiger partial charge in [0.2, 0.25) is 11.7 Å². The van der Waals surface area contributed by atoms with E-state index in [1.165, 1.54) is 35.9 Å². The fourth-order valence-electron chi connectivity index (χ4n) is 5.58. The summed E-state index contributed by atoms with van der Waals surface area (Å²) in [6.45, 7) is 1.42. The van der Waals surface area contributed by atoms with Gasteiger partial charge in [0.1, 0.15) is 6.54 Å². The second kappa shape index (κ2) is 15.5. The first kappa shape index (κ1) is 36.5. The monoisotopic (exact) mass is 738 g/mol. The van der Waals surface area contributed by atoms with E-state index in [1.807, 2.05) is 31.2 Å². The molecule has 9 nitrogen and oxygen atoms in total. The Balaban J connectivity index is 1.09. The zero-order valence-electron chi connectivity index (χ0n) is 28.0. The quantitative estimate of drug-likeness (QED) is 0.136. The number of nitrogens with one attached hydrogen (secondary N) is 1. The predicted molar refractivity (Wildman–Crippen MR) is 193 cm³/mol. The van der Waals surface area contributed by atoms with Crippen LogP contribution in [0.1, 0.15) is 32.6 Å². The number of aryl methyl sites for hydroxylation is 1. The average Bonchev–Trinajstić information content (AvgIpc) is 3.63. The number of carboxylic acid groups (broad SMARTS) is 1. The van der Waals surface area contributed by atoms with Gasteiger partial charge in [-0.1, -0.05) is 89.1 Å². The Morgan fingerprint density at radius 2 is 1.42 bits per heavy atom. The van der Waals surface area contributed by atoms with Crippen molar-refractivity contribution in [1.82, 2.24) is 15.0 Å². The van der Waals surface area contributed by atoms with Gasteiger partial charge >= 0.3 is 12.1 Å². The summed E-state index contributed by atoms with van der Waals surface area (Å²) in [5, 5.41) is 16.1. The van der Waals surface area contributed by atoms with Crippen LogP contribution in [-0.2, 0) is 28.7 Å². The van der Waals surface area contributed by atoms with Crippen molar-refractivity contribution in [3.8, 4) is 34.0 Å². The van der Waals surface area contributed by atoms with Crippen LogP contribution in [0.2, 0.25) is 5.02 Å². The molecule has 0 saturated heterocycles. The Kier molecular flexibility index (Phi) is 10.7. The van der Waals surface area contributed by atoms with Gasteiger partial charge in [-0.15, -0.1) is 0 Å². The molecule has 0 spiro atoms. The maximum absolute atomic E-state index is 13.4. The molecule has 0 saturated carbocycles. The van der Waals surface area contributed by atoms with Crippen LogP contribution in [0, 0.1) is 6.92 Å². The first-order valence-electron chi connectivity index (χ1n) is 16.2. The molecule has 0 bridgehead atoms. The van der Waals surface area contributed by atoms with Gasteiger partial charge in [0, 0.05) is 33.9 Å². The summed E-state index contributed by atoms with van der Waals surface area (Å²) in [5.41, 5.74) is 4.51. The van der Waals surface area contributed by atoms with E-state index in [9.17, 15) is 32.7 Å². The number of aliphatic carboxylic acids is 1. The predicted octanol–water partition coefficient (Wildman–Crippen LogP) is 8.96. The number of hydrogen-bond acceptors (Lipinski definition) is 6. The van der Waals surface area contributed by atoms with Gasteiger partial charge in [0.25, 0.3) is 11.8 Å². The molecular weight excluding hydrogens is 709 g/mol. The molecule has 0 fully saturated rings. The number of hydrogen-bond donors (Lipinski definition) is 2. The van der Waals surface area contributed by atoms with Crippen molar-refractivity contribution >= 4 is 35.1 Å². The fraction of sp³-hybridized carbons (Fsp3) is 0.125. The number of carbonyl (C=O) groups excluding carboxylic acids is 2. The van der Waals surface area contributed by atoms with E-state index in [0.29, 0.717) is 22.8 Å². The van der Waals surface area contributed by atoms with Crippen molar-refractivity contribution < 1.29 is 37.2 Å². The Morgan fingerprint density at radius 3 is 2.04 bits per heavy atom. The summed E-state index contributed by atoms with van der Waals surface area (Å²) in [5.74, 6) is -1.81. The standard InChI is InChI=1S/C40H30ClF3N4O5/c1-24-2-6-26(7-3-24)27-10-12-29(13-11-27)38-46-37(47-53-38)28-8-4-25(5-9-28)22-48(23-36(50)51)39(52)30-15-18-33(19-16-30)45-35(49)20-31-14-17-32(41)21-34(31)40(42,43)44/h2-19,21H,20,22-23H2,1H3,(H,45,49)(H,50,51). The van der Waals surface area contributed by atoms with E-state index in [4.69, 9.17) is 16.1 Å². The van der Waals surface area contributed by atoms with Crippen LogP contribution in [0.3, 0.4) is 0 Å². The Bertz CT molecular complexity index is 2260. The molecule has 0 unspecified atom stereocenters. The zero-order valence-corrected chi connectivity index (χ0v) is 28.8. The highest BCUT2D eigenvalue weighted by Crippen LogP contribution is 2.34. The van der Waals surface area contributed by atoms with Crippen LogP contribution in [0.15, 0.2) is 120 Å². The molecular formula is C40H30ClF3N4O5. The SMILES string of the molecule is Cc1ccc(-c2ccc(-c3nc(-c4ccc(CN(CC(=O)O)C(=O)c5ccc(NC(=O)Cc6ccc(Cl)cc6C(F)(F)F)cc5)cc4)no3)cc2)cc1. The van der Waals surface area contributed by atoms with Crippen LogP contribution in [0.25, 0.3) is 34.0 Å². The van der Waals surface area contributed by atoms with Gasteiger partial charge < -0.3 is 19.8 Å². The fourth-order valence-corrected chi connectivity index (χ4v) is 5.75. The largest absolute Gasteiger partial charge is 0.480 e. The molecule has 2 amide bonds. The summed E-state index contributed by atoms with van der Waals surface area (Å²) in [4.78, 5) is 43.3. The van der Waals surface area contributed by atoms with Crippen LogP contribution in [0.4, 0.5) is 18.9 Å². The highest BCUT2D eigenvalue weighted by Gasteiger charge is 2.34. The van der Waals surface area contributed by atoms with Gasteiger partial charge in [-0.05, 0) is 77.7 Å². The van der Waals surface area contributed by atoms with Gasteiger partial charge in [0.15, 0.2) is 0 Å². The van der Waals surface area contributed by atoms with E-state index >= 15 is 0 Å². The molecule has 6 rings (SSSR count). The van der Waals surface area contributed by atoms with Crippen molar-refractivity contribution in [3.05, 3.63) is 148 Å². The highest BCUT2D eigenvalue weighted by molar-refractivity contribution is 6.30. The van der Waals surface area contributed by atoms with Crippen molar-refractivity contribution in [2.75, 3.05) is 11.9 Å².